The first-order valence-corrected chi connectivity index (χ1v) is 11.2. The molecular formula is C24H17F6N5O3. The number of anilines is 2. The maximum absolute atomic E-state index is 13.4. The molecule has 0 saturated carbocycles. The van der Waals surface area contributed by atoms with E-state index in [-0.39, 0.29) is 43.2 Å². The van der Waals surface area contributed by atoms with Crippen molar-refractivity contribution in [1.29, 1.82) is 0 Å². The molecular weight excluding hydrogens is 520 g/mol. The average Bonchev–Trinajstić information content (AvgIpc) is 3.02. The Hall–Kier alpha value is -4.36. The Morgan fingerprint density at radius 3 is 2.21 bits per heavy atom. The van der Waals surface area contributed by atoms with Crippen molar-refractivity contribution in [3.05, 3.63) is 70.8 Å². The lowest BCUT2D eigenvalue weighted by atomic mass is 10.1. The Kier molecular flexibility index (Phi) is 6.12. The minimum atomic E-state index is -4.74. The third kappa shape index (κ3) is 4.68. The molecule has 5 rings (SSSR count). The fraction of sp³-hybridized carbons (Fsp3) is 0.250. The molecule has 0 spiro atoms. The van der Waals surface area contributed by atoms with E-state index in [4.69, 9.17) is 4.74 Å². The highest BCUT2D eigenvalue weighted by Crippen LogP contribution is 2.44. The Labute approximate surface area is 210 Å². The fourth-order valence-electron chi connectivity index (χ4n) is 4.24. The molecule has 1 fully saturated rings. The number of alkyl halides is 6. The van der Waals surface area contributed by atoms with Crippen LogP contribution in [0.5, 0.6) is 11.6 Å². The Bertz CT molecular complexity index is 1420. The van der Waals surface area contributed by atoms with Gasteiger partial charge in [-0.15, -0.1) is 10.2 Å². The summed E-state index contributed by atoms with van der Waals surface area (Å²) >= 11 is 0. The quantitative estimate of drug-likeness (QED) is 0.471. The van der Waals surface area contributed by atoms with E-state index in [1.54, 1.807) is 4.90 Å². The lowest BCUT2D eigenvalue weighted by molar-refractivity contribution is -0.139. The van der Waals surface area contributed by atoms with Crippen LogP contribution in [0.1, 0.15) is 31.8 Å². The lowest BCUT2D eigenvalue weighted by Crippen LogP contribution is -2.49. The maximum Gasteiger partial charge on any atom is 0.420 e. The second kappa shape index (κ2) is 9.19. The maximum atomic E-state index is 13.4. The molecule has 1 N–H and O–H groups in total. The molecule has 2 amide bonds. The number of carbonyl (C=O) groups excluding carboxylic acids is 2. The van der Waals surface area contributed by atoms with Gasteiger partial charge in [-0.3, -0.25) is 9.59 Å². The predicted molar refractivity (Wildman–Crippen MR) is 121 cm³/mol. The number of halogens is 6. The van der Waals surface area contributed by atoms with Gasteiger partial charge in [0.25, 0.3) is 17.7 Å². The summed E-state index contributed by atoms with van der Waals surface area (Å²) in [6, 6.07) is 9.03. The van der Waals surface area contributed by atoms with E-state index >= 15 is 0 Å². The van der Waals surface area contributed by atoms with Crippen LogP contribution in [0.4, 0.5) is 37.8 Å². The van der Waals surface area contributed by atoms with Gasteiger partial charge in [0.2, 0.25) is 0 Å². The number of para-hydroxylation sites is 1. The molecule has 0 bridgehead atoms. The number of fused-ring (bicyclic) bond motifs is 2. The van der Waals surface area contributed by atoms with Gasteiger partial charge >= 0.3 is 12.4 Å². The van der Waals surface area contributed by atoms with Crippen LogP contribution in [0.25, 0.3) is 0 Å². The molecule has 0 radical (unpaired) electrons. The van der Waals surface area contributed by atoms with Crippen molar-refractivity contribution in [1.82, 2.24) is 15.1 Å². The van der Waals surface area contributed by atoms with Crippen LogP contribution >= 0.6 is 0 Å². The fourth-order valence-corrected chi connectivity index (χ4v) is 4.24. The number of aromatic nitrogens is 2. The molecule has 0 unspecified atom stereocenters. The van der Waals surface area contributed by atoms with Gasteiger partial charge in [-0.25, -0.2) is 0 Å². The molecule has 8 nitrogen and oxygen atoms in total. The van der Waals surface area contributed by atoms with Crippen molar-refractivity contribution in [3.8, 4) is 11.6 Å². The van der Waals surface area contributed by atoms with Crippen molar-refractivity contribution < 1.29 is 40.7 Å². The Morgan fingerprint density at radius 1 is 0.868 bits per heavy atom. The number of benzene rings is 2. The van der Waals surface area contributed by atoms with Gasteiger partial charge in [-0.2, -0.15) is 26.3 Å². The van der Waals surface area contributed by atoms with Gasteiger partial charge in [0.05, 0.1) is 16.8 Å². The van der Waals surface area contributed by atoms with Crippen LogP contribution < -0.4 is 15.0 Å². The van der Waals surface area contributed by atoms with Gasteiger partial charge in [0.15, 0.2) is 11.6 Å². The zero-order chi connectivity index (χ0) is 27.2. The number of ether oxygens (including phenoxy) is 1. The van der Waals surface area contributed by atoms with Gasteiger partial charge in [0.1, 0.15) is 11.1 Å². The second-order valence-electron chi connectivity index (χ2n) is 8.48. The topological polar surface area (TPSA) is 87.7 Å². The third-order valence-electron chi connectivity index (χ3n) is 6.11. The molecule has 38 heavy (non-hydrogen) atoms. The number of carbonyl (C=O) groups is 2. The average molecular weight is 537 g/mol. The highest BCUT2D eigenvalue weighted by Gasteiger charge is 2.39. The Morgan fingerprint density at radius 2 is 1.53 bits per heavy atom. The van der Waals surface area contributed by atoms with Crippen LogP contribution in [0.2, 0.25) is 0 Å². The number of nitrogens with zero attached hydrogens (tertiary/aromatic N) is 4. The lowest BCUT2D eigenvalue weighted by Gasteiger charge is -2.35. The molecule has 2 aromatic carbocycles. The monoisotopic (exact) mass is 537 g/mol. The van der Waals surface area contributed by atoms with E-state index in [0.29, 0.717) is 0 Å². The SMILES string of the molecule is O=C1Nc2cccc(C(F)(F)F)c2Oc2nnc(N3CCN(C(=O)c4ccccc4C(F)(F)F)CC3)cc21. The summed E-state index contributed by atoms with van der Waals surface area (Å²) in [5, 5.41) is 10.2. The summed E-state index contributed by atoms with van der Waals surface area (Å²) in [6.45, 7) is 0.447. The van der Waals surface area contributed by atoms with E-state index in [9.17, 15) is 35.9 Å². The molecule has 1 aromatic heterocycles. The molecule has 14 heteroatoms. The van der Waals surface area contributed by atoms with Gasteiger partial charge in [0, 0.05) is 32.2 Å². The number of hydrogen-bond acceptors (Lipinski definition) is 6. The summed E-state index contributed by atoms with van der Waals surface area (Å²) in [7, 11) is 0. The van der Waals surface area contributed by atoms with Gasteiger partial charge in [-0.1, -0.05) is 18.2 Å². The van der Waals surface area contributed by atoms with Crippen LogP contribution in [0.3, 0.4) is 0 Å². The first kappa shape index (κ1) is 25.3. The van der Waals surface area contributed by atoms with Gasteiger partial charge in [-0.05, 0) is 24.3 Å². The minimum Gasteiger partial charge on any atom is -0.434 e. The van der Waals surface area contributed by atoms with Crippen LogP contribution in [-0.2, 0) is 12.4 Å². The summed E-state index contributed by atoms with van der Waals surface area (Å²) in [5.74, 6) is -2.37. The Balaban J connectivity index is 1.34. The largest absolute Gasteiger partial charge is 0.434 e. The summed E-state index contributed by atoms with van der Waals surface area (Å²) in [5.41, 5.74) is -2.91. The van der Waals surface area contributed by atoms with Crippen molar-refractivity contribution >= 4 is 23.3 Å². The predicted octanol–water partition coefficient (Wildman–Crippen LogP) is 4.83. The van der Waals surface area contributed by atoms with Crippen molar-refractivity contribution in [2.75, 3.05) is 36.4 Å². The smallest absolute Gasteiger partial charge is 0.420 e. The van der Waals surface area contributed by atoms with Crippen molar-refractivity contribution in [2.24, 2.45) is 0 Å². The standard InChI is InChI=1S/C24H17F6N5O3/c25-23(26,27)15-5-2-1-4-13(15)22(37)35-10-8-34(9-11-35)18-12-14-20(36)31-17-7-3-6-16(24(28,29)30)19(17)38-21(14)33-32-18/h1-7,12H,8-11H2,(H,31,36). The van der Waals surface area contributed by atoms with E-state index in [1.165, 1.54) is 29.2 Å². The molecule has 2 aliphatic rings. The summed E-state index contributed by atoms with van der Waals surface area (Å²) in [4.78, 5) is 28.5. The van der Waals surface area contributed by atoms with Crippen LogP contribution in [0, 0.1) is 0 Å². The molecule has 3 heterocycles. The molecule has 198 valence electrons. The third-order valence-corrected chi connectivity index (χ3v) is 6.11. The van der Waals surface area contributed by atoms with Crippen LogP contribution in [-0.4, -0.2) is 53.1 Å². The molecule has 0 atom stereocenters. The highest BCUT2D eigenvalue weighted by atomic mass is 19.4. The number of rotatable bonds is 2. The number of amides is 2. The molecule has 3 aromatic rings. The molecule has 2 aliphatic heterocycles. The van der Waals surface area contributed by atoms with Crippen molar-refractivity contribution in [2.45, 2.75) is 12.4 Å². The molecule has 1 saturated heterocycles. The second-order valence-corrected chi connectivity index (χ2v) is 8.48. The van der Waals surface area contributed by atoms with Gasteiger partial charge < -0.3 is 19.9 Å². The van der Waals surface area contributed by atoms with E-state index in [2.05, 4.69) is 15.5 Å². The number of nitrogens with one attached hydrogen (secondary N) is 1. The first-order chi connectivity index (χ1) is 17.9. The van der Waals surface area contributed by atoms with E-state index in [0.717, 1.165) is 24.3 Å². The summed E-state index contributed by atoms with van der Waals surface area (Å²) < 4.78 is 85.7. The summed E-state index contributed by atoms with van der Waals surface area (Å²) in [6.07, 6.45) is -9.43. The van der Waals surface area contributed by atoms with Crippen molar-refractivity contribution in [3.63, 3.8) is 0 Å². The normalized spacial score (nSPS) is 15.7. The van der Waals surface area contributed by atoms with Crippen LogP contribution in [0.15, 0.2) is 48.5 Å². The minimum absolute atomic E-state index is 0.0624. The number of hydrogen-bond donors (Lipinski definition) is 1. The zero-order valence-corrected chi connectivity index (χ0v) is 19.2. The van der Waals surface area contributed by atoms with E-state index in [1.807, 2.05) is 0 Å². The highest BCUT2D eigenvalue weighted by molar-refractivity contribution is 6.08. The van der Waals surface area contributed by atoms with E-state index < -0.39 is 52.5 Å². The number of piperazine rings is 1. The zero-order valence-electron chi connectivity index (χ0n) is 19.2. The first-order valence-electron chi connectivity index (χ1n) is 11.2. The molecule has 0 aliphatic carbocycles.